The number of amidine groups is 1. The van der Waals surface area contributed by atoms with Crippen LogP contribution in [-0.4, -0.2) is 26.9 Å². The van der Waals surface area contributed by atoms with Crippen LogP contribution in [0.25, 0.3) is 81.7 Å². The number of allylic oxidation sites excluding steroid dienone is 7. The molecule has 13 rings (SSSR count). The first-order valence-corrected chi connectivity index (χ1v) is 23.1. The van der Waals surface area contributed by atoms with Gasteiger partial charge in [-0.25, -0.2) is 4.99 Å². The molecule has 0 N–H and O–H groups in total. The zero-order valence-electron chi connectivity index (χ0n) is 35.3. The van der Waals surface area contributed by atoms with Gasteiger partial charge in [-0.3, -0.25) is 0 Å². The monoisotopic (exact) mass is 828 g/mol. The van der Waals surface area contributed by atoms with Gasteiger partial charge in [-0.1, -0.05) is 147 Å². The summed E-state index contributed by atoms with van der Waals surface area (Å²) in [6, 6.07) is 52.2. The summed E-state index contributed by atoms with van der Waals surface area (Å²) in [5.41, 5.74) is 12.4. The first-order valence-electron chi connectivity index (χ1n) is 22.3. The Bertz CT molecular complexity index is 3700. The van der Waals surface area contributed by atoms with Crippen molar-refractivity contribution >= 4 is 98.2 Å². The molecule has 2 unspecified atom stereocenters. The van der Waals surface area contributed by atoms with E-state index in [2.05, 4.69) is 210 Å². The molecule has 0 radical (unpaired) electrons. The van der Waals surface area contributed by atoms with Crippen molar-refractivity contribution in [3.63, 3.8) is 0 Å². The highest BCUT2D eigenvalue weighted by Crippen LogP contribution is 2.51. The SMILES string of the molecule is CC1CC=Cc2c1n(-c1ccccc1)c1cc(C3=Nc4sc5cc(C6=CC=CCCC=C6)ccc5c4C(n4c5cc6ccccc6cc5c5c6ccccc6ccc54)N3C)ccc21. The molecule has 63 heavy (non-hydrogen) atoms. The summed E-state index contributed by atoms with van der Waals surface area (Å²) < 4.78 is 6.38. The topological polar surface area (TPSA) is 25.5 Å². The van der Waals surface area contributed by atoms with Crippen molar-refractivity contribution in [3.8, 4) is 5.69 Å². The highest BCUT2D eigenvalue weighted by Gasteiger charge is 2.36. The summed E-state index contributed by atoms with van der Waals surface area (Å²) in [5.74, 6) is 1.37. The number of hydrogen-bond acceptors (Lipinski definition) is 3. The van der Waals surface area contributed by atoms with Crippen molar-refractivity contribution in [2.75, 3.05) is 7.05 Å². The van der Waals surface area contributed by atoms with Gasteiger partial charge in [0.25, 0.3) is 0 Å². The van der Waals surface area contributed by atoms with E-state index in [-0.39, 0.29) is 6.17 Å². The average Bonchev–Trinajstić information content (AvgIpc) is 3.95. The molecule has 10 aromatic rings. The van der Waals surface area contributed by atoms with E-state index < -0.39 is 0 Å². The molecule has 2 aliphatic carbocycles. The molecule has 0 bridgehead atoms. The Morgan fingerprint density at radius 3 is 2.29 bits per heavy atom. The minimum atomic E-state index is -0.189. The molecule has 5 heteroatoms. The van der Waals surface area contributed by atoms with Crippen LogP contribution in [0.15, 0.2) is 181 Å². The molecular formula is C58H44N4S. The molecule has 0 saturated carbocycles. The standard InChI is InChI=1S/C58H44N4S/c1-36-16-15-25-46-45-29-27-42(34-50(45)61(55(36)46)43-22-9-6-10-23-43)56-59-57-54(47-30-26-41(35-52(47)63-57)37-17-7-4-3-5-8-18-37)58(60(56)2)62-49-31-28-38-19-13-14-24-44(38)53(49)48-32-39-20-11-12-21-40(39)33-51(48)62/h4,6-15,17-36,58H,3,5,16H2,1-2H3. The van der Waals surface area contributed by atoms with Gasteiger partial charge in [-0.05, 0) is 94.4 Å². The number of nitrogens with zero attached hydrogens (tertiary/aromatic N) is 4. The van der Waals surface area contributed by atoms with Gasteiger partial charge in [0.05, 0.1) is 16.6 Å². The lowest BCUT2D eigenvalue weighted by Gasteiger charge is -2.36. The van der Waals surface area contributed by atoms with Crippen LogP contribution in [0.1, 0.15) is 66.2 Å². The van der Waals surface area contributed by atoms with Gasteiger partial charge in [0, 0.05) is 67.3 Å². The average molecular weight is 829 g/mol. The molecule has 4 heterocycles. The summed E-state index contributed by atoms with van der Waals surface area (Å²) in [5, 5.41) is 11.2. The Kier molecular flexibility index (Phi) is 8.19. The van der Waals surface area contributed by atoms with Crippen LogP contribution < -0.4 is 0 Å². The van der Waals surface area contributed by atoms with E-state index in [1.165, 1.54) is 98.0 Å². The van der Waals surface area contributed by atoms with Crippen LogP contribution in [0.5, 0.6) is 0 Å². The predicted octanol–water partition coefficient (Wildman–Crippen LogP) is 15.6. The van der Waals surface area contributed by atoms with Crippen LogP contribution in [0.3, 0.4) is 0 Å². The second-order valence-electron chi connectivity index (χ2n) is 17.5. The van der Waals surface area contributed by atoms with E-state index in [9.17, 15) is 0 Å². The van der Waals surface area contributed by atoms with Crippen LogP contribution in [-0.2, 0) is 0 Å². The fraction of sp³-hybridized carbons (Fsp3) is 0.121. The lowest BCUT2D eigenvalue weighted by molar-refractivity contribution is 0.340. The molecule has 0 saturated heterocycles. The lowest BCUT2D eigenvalue weighted by atomic mass is 9.93. The number of para-hydroxylation sites is 1. The molecule has 0 spiro atoms. The lowest BCUT2D eigenvalue weighted by Crippen LogP contribution is -2.37. The van der Waals surface area contributed by atoms with E-state index in [1.807, 2.05) is 11.3 Å². The first kappa shape index (κ1) is 36.4. The number of aromatic nitrogens is 2. The minimum Gasteiger partial charge on any atom is -0.334 e. The quantitative estimate of drug-likeness (QED) is 0.173. The molecule has 7 aromatic carbocycles. The van der Waals surface area contributed by atoms with E-state index in [1.54, 1.807) is 0 Å². The van der Waals surface area contributed by atoms with E-state index in [4.69, 9.17) is 4.99 Å². The van der Waals surface area contributed by atoms with E-state index >= 15 is 0 Å². The molecule has 2 atom stereocenters. The molecule has 0 amide bonds. The van der Waals surface area contributed by atoms with Crippen LogP contribution in [0.2, 0.25) is 0 Å². The normalized spacial score (nSPS) is 17.5. The molecule has 3 aliphatic rings. The summed E-state index contributed by atoms with van der Waals surface area (Å²) in [6.45, 7) is 2.36. The van der Waals surface area contributed by atoms with Crippen LogP contribution in [0, 0.1) is 0 Å². The van der Waals surface area contributed by atoms with Crippen LogP contribution >= 0.6 is 11.3 Å². The third-order valence-corrected chi connectivity index (χ3v) is 14.8. The fourth-order valence-electron chi connectivity index (χ4n) is 10.8. The first-order chi connectivity index (χ1) is 31.1. The summed E-state index contributed by atoms with van der Waals surface area (Å²) >= 11 is 1.82. The third-order valence-electron chi connectivity index (χ3n) is 13.8. The van der Waals surface area contributed by atoms with E-state index in [0.29, 0.717) is 5.92 Å². The van der Waals surface area contributed by atoms with Gasteiger partial charge in [-0.2, -0.15) is 0 Å². The van der Waals surface area contributed by atoms with Gasteiger partial charge in [0.15, 0.2) is 0 Å². The third kappa shape index (κ3) is 5.56. The largest absolute Gasteiger partial charge is 0.334 e. The maximum atomic E-state index is 5.71. The molecule has 1 aliphatic heterocycles. The number of benzene rings is 7. The molecule has 302 valence electrons. The number of fused-ring (bicyclic) bond motifs is 12. The van der Waals surface area contributed by atoms with Crippen molar-refractivity contribution in [2.45, 2.75) is 38.3 Å². The van der Waals surface area contributed by atoms with Gasteiger partial charge >= 0.3 is 0 Å². The van der Waals surface area contributed by atoms with Gasteiger partial charge in [0.1, 0.15) is 17.0 Å². The highest BCUT2D eigenvalue weighted by atomic mass is 32.1. The van der Waals surface area contributed by atoms with Gasteiger partial charge in [0.2, 0.25) is 0 Å². The number of rotatable bonds is 4. The molecule has 3 aromatic heterocycles. The maximum absolute atomic E-state index is 5.71. The Hall–Kier alpha value is -7.21. The Morgan fingerprint density at radius 1 is 0.619 bits per heavy atom. The van der Waals surface area contributed by atoms with Gasteiger partial charge in [-0.15, -0.1) is 11.3 Å². The Morgan fingerprint density at radius 2 is 1.40 bits per heavy atom. The van der Waals surface area contributed by atoms with Crippen molar-refractivity contribution in [2.24, 2.45) is 4.99 Å². The summed E-state index contributed by atoms with van der Waals surface area (Å²) in [6.07, 6.45) is 19.0. The smallest absolute Gasteiger partial charge is 0.139 e. The number of thiophene rings is 1. The second kappa shape index (κ2) is 14.2. The maximum Gasteiger partial charge on any atom is 0.139 e. The number of aliphatic imine (C=N–C) groups is 1. The van der Waals surface area contributed by atoms with Crippen molar-refractivity contribution in [1.82, 2.24) is 14.0 Å². The minimum absolute atomic E-state index is 0.189. The predicted molar refractivity (Wildman–Crippen MR) is 269 cm³/mol. The Labute approximate surface area is 370 Å². The molecule has 0 fully saturated rings. The zero-order valence-corrected chi connectivity index (χ0v) is 36.1. The number of hydrogen-bond donors (Lipinski definition) is 0. The zero-order chi connectivity index (χ0) is 41.8. The van der Waals surface area contributed by atoms with Crippen LogP contribution in [0.4, 0.5) is 5.00 Å². The summed E-state index contributed by atoms with van der Waals surface area (Å²) in [4.78, 5) is 8.17. The molecule has 4 nitrogen and oxygen atoms in total. The molecular weight excluding hydrogens is 785 g/mol. The summed E-state index contributed by atoms with van der Waals surface area (Å²) in [7, 11) is 2.26. The van der Waals surface area contributed by atoms with Crippen molar-refractivity contribution in [1.29, 1.82) is 0 Å². The second-order valence-corrected chi connectivity index (χ2v) is 18.5. The van der Waals surface area contributed by atoms with E-state index in [0.717, 1.165) is 35.7 Å². The van der Waals surface area contributed by atoms with Crippen molar-refractivity contribution < 1.29 is 0 Å². The highest BCUT2D eigenvalue weighted by molar-refractivity contribution is 7.23. The Balaban J connectivity index is 1.10. The van der Waals surface area contributed by atoms with Crippen molar-refractivity contribution in [3.05, 3.63) is 204 Å². The van der Waals surface area contributed by atoms with Gasteiger partial charge < -0.3 is 14.0 Å². The fourth-order valence-corrected chi connectivity index (χ4v) is 12.0.